The first-order valence-electron chi connectivity index (χ1n) is 8.42. The number of hydrogen-bond donors (Lipinski definition) is 1. The van der Waals surface area contributed by atoms with E-state index in [9.17, 15) is 9.59 Å². The van der Waals surface area contributed by atoms with Crippen LogP contribution < -0.4 is 10.9 Å². The maximum atomic E-state index is 12.5. The van der Waals surface area contributed by atoms with Crippen LogP contribution in [0.5, 0.6) is 0 Å². The predicted octanol–water partition coefficient (Wildman–Crippen LogP) is 3.13. The molecule has 27 heavy (non-hydrogen) atoms. The minimum atomic E-state index is -0.326. The van der Waals surface area contributed by atoms with E-state index < -0.39 is 0 Å². The van der Waals surface area contributed by atoms with Gasteiger partial charge in [-0.05, 0) is 34.1 Å². The normalized spacial score (nSPS) is 11.4. The fraction of sp³-hybridized carbons (Fsp3) is 0.263. The zero-order valence-corrected chi connectivity index (χ0v) is 16.9. The van der Waals surface area contributed by atoms with Gasteiger partial charge in [0.25, 0.3) is 5.56 Å². The van der Waals surface area contributed by atoms with E-state index in [1.165, 1.54) is 10.6 Å². The molecular formula is C19H20BrN5O2. The number of amides is 1. The standard InChI is InChI=1S/C19H20BrN5O2/c1-19(2,3)14-10-16(25(23-14)15-6-4-5-9-21-15)22-17(26)12-24-11-13(20)7-8-18(24)27/h4-11H,12H2,1-3H3,(H,22,26). The van der Waals surface area contributed by atoms with Crippen molar-refractivity contribution in [3.63, 3.8) is 0 Å². The molecule has 1 amide bonds. The molecule has 8 heteroatoms. The Morgan fingerprint density at radius 3 is 2.67 bits per heavy atom. The highest BCUT2D eigenvalue weighted by Gasteiger charge is 2.22. The van der Waals surface area contributed by atoms with Gasteiger partial charge in [-0.2, -0.15) is 9.78 Å². The lowest BCUT2D eigenvalue weighted by Gasteiger charge is -2.13. The highest BCUT2D eigenvalue weighted by atomic mass is 79.9. The van der Waals surface area contributed by atoms with Gasteiger partial charge in [0.15, 0.2) is 5.82 Å². The lowest BCUT2D eigenvalue weighted by atomic mass is 9.92. The lowest BCUT2D eigenvalue weighted by molar-refractivity contribution is -0.116. The number of pyridine rings is 2. The van der Waals surface area contributed by atoms with Crippen molar-refractivity contribution in [3.05, 3.63) is 69.3 Å². The molecule has 0 saturated carbocycles. The van der Waals surface area contributed by atoms with E-state index in [-0.39, 0.29) is 23.4 Å². The molecule has 0 aliphatic carbocycles. The monoisotopic (exact) mass is 429 g/mol. The van der Waals surface area contributed by atoms with Crippen LogP contribution in [0.1, 0.15) is 26.5 Å². The molecule has 3 heterocycles. The van der Waals surface area contributed by atoms with E-state index in [0.717, 1.165) is 10.2 Å². The van der Waals surface area contributed by atoms with Crippen LogP contribution in [-0.2, 0) is 16.8 Å². The van der Waals surface area contributed by atoms with Crippen molar-refractivity contribution in [3.8, 4) is 5.82 Å². The SMILES string of the molecule is CC(C)(C)c1cc(NC(=O)Cn2cc(Br)ccc2=O)n(-c2ccccn2)n1. The molecular weight excluding hydrogens is 410 g/mol. The molecule has 0 spiro atoms. The Balaban J connectivity index is 1.91. The molecule has 140 valence electrons. The molecule has 0 aromatic carbocycles. The number of hydrogen-bond acceptors (Lipinski definition) is 4. The van der Waals surface area contributed by atoms with Gasteiger partial charge < -0.3 is 9.88 Å². The summed E-state index contributed by atoms with van der Waals surface area (Å²) in [6.45, 7) is 6.04. The number of aromatic nitrogens is 4. The Labute approximate surface area is 165 Å². The first-order valence-corrected chi connectivity index (χ1v) is 9.21. The van der Waals surface area contributed by atoms with Crippen LogP contribution in [0.3, 0.4) is 0 Å². The third-order valence-corrected chi connectivity index (χ3v) is 4.34. The molecule has 3 aromatic rings. The van der Waals surface area contributed by atoms with Crippen molar-refractivity contribution in [2.45, 2.75) is 32.7 Å². The number of carbonyl (C=O) groups excluding carboxylic acids is 1. The summed E-state index contributed by atoms with van der Waals surface area (Å²) >= 11 is 3.31. The third-order valence-electron chi connectivity index (χ3n) is 3.87. The van der Waals surface area contributed by atoms with Crippen molar-refractivity contribution in [2.75, 3.05) is 5.32 Å². The fourth-order valence-electron chi connectivity index (χ4n) is 2.45. The number of anilines is 1. The minimum Gasteiger partial charge on any atom is -0.309 e. The molecule has 0 saturated heterocycles. The fourth-order valence-corrected chi connectivity index (χ4v) is 2.83. The summed E-state index contributed by atoms with van der Waals surface area (Å²) in [6, 6.07) is 10.4. The van der Waals surface area contributed by atoms with E-state index in [2.05, 4.69) is 31.3 Å². The quantitative estimate of drug-likeness (QED) is 0.690. The molecule has 0 unspecified atom stereocenters. The zero-order chi connectivity index (χ0) is 19.6. The van der Waals surface area contributed by atoms with Crippen LogP contribution in [0.25, 0.3) is 5.82 Å². The van der Waals surface area contributed by atoms with Crippen LogP contribution in [0, 0.1) is 0 Å². The summed E-state index contributed by atoms with van der Waals surface area (Å²) in [6.07, 6.45) is 3.25. The average molecular weight is 430 g/mol. The molecule has 1 N–H and O–H groups in total. The van der Waals surface area contributed by atoms with Gasteiger partial charge in [-0.15, -0.1) is 0 Å². The van der Waals surface area contributed by atoms with Gasteiger partial charge in [-0.3, -0.25) is 9.59 Å². The molecule has 0 fully saturated rings. The van der Waals surface area contributed by atoms with Crippen LogP contribution in [-0.4, -0.2) is 25.2 Å². The van der Waals surface area contributed by atoms with Gasteiger partial charge in [0.1, 0.15) is 12.4 Å². The van der Waals surface area contributed by atoms with Crippen molar-refractivity contribution in [1.29, 1.82) is 0 Å². The van der Waals surface area contributed by atoms with Gasteiger partial charge >= 0.3 is 0 Å². The Bertz CT molecular complexity index is 1020. The average Bonchev–Trinajstić information content (AvgIpc) is 3.03. The predicted molar refractivity (Wildman–Crippen MR) is 107 cm³/mol. The molecule has 0 bridgehead atoms. The number of carbonyl (C=O) groups is 1. The summed E-state index contributed by atoms with van der Waals surface area (Å²) in [5.41, 5.74) is 0.380. The summed E-state index contributed by atoms with van der Waals surface area (Å²) in [5.74, 6) is 0.780. The summed E-state index contributed by atoms with van der Waals surface area (Å²) < 4.78 is 3.66. The van der Waals surface area contributed by atoms with Crippen molar-refractivity contribution in [2.24, 2.45) is 0 Å². The van der Waals surface area contributed by atoms with E-state index in [1.807, 2.05) is 45.0 Å². The van der Waals surface area contributed by atoms with Crippen LogP contribution in [0.2, 0.25) is 0 Å². The van der Waals surface area contributed by atoms with Gasteiger partial charge in [-0.25, -0.2) is 4.98 Å². The van der Waals surface area contributed by atoms with Crippen molar-refractivity contribution >= 4 is 27.7 Å². The number of halogens is 1. The second-order valence-corrected chi connectivity index (χ2v) is 8.04. The molecule has 0 radical (unpaired) electrons. The van der Waals surface area contributed by atoms with E-state index >= 15 is 0 Å². The Kier molecular flexibility index (Phi) is 5.27. The molecule has 3 aromatic heterocycles. The maximum absolute atomic E-state index is 12.5. The van der Waals surface area contributed by atoms with Gasteiger partial charge in [0.2, 0.25) is 5.91 Å². The largest absolute Gasteiger partial charge is 0.309 e. The van der Waals surface area contributed by atoms with Crippen molar-refractivity contribution < 1.29 is 4.79 Å². The minimum absolute atomic E-state index is 0.101. The number of nitrogens with zero attached hydrogens (tertiary/aromatic N) is 4. The molecule has 3 rings (SSSR count). The highest BCUT2D eigenvalue weighted by Crippen LogP contribution is 2.25. The lowest BCUT2D eigenvalue weighted by Crippen LogP contribution is -2.27. The van der Waals surface area contributed by atoms with Gasteiger partial charge in [0.05, 0.1) is 5.69 Å². The smallest absolute Gasteiger partial charge is 0.251 e. The summed E-state index contributed by atoms with van der Waals surface area (Å²) in [4.78, 5) is 28.8. The van der Waals surface area contributed by atoms with Crippen LogP contribution in [0.4, 0.5) is 5.82 Å². The first kappa shape index (κ1) is 19.0. The van der Waals surface area contributed by atoms with Crippen molar-refractivity contribution in [1.82, 2.24) is 19.3 Å². The number of nitrogens with one attached hydrogen (secondary N) is 1. The van der Waals surface area contributed by atoms with E-state index in [4.69, 9.17) is 0 Å². The third kappa shape index (κ3) is 4.51. The summed E-state index contributed by atoms with van der Waals surface area (Å²) in [5, 5.41) is 7.45. The van der Waals surface area contributed by atoms with E-state index in [0.29, 0.717) is 11.6 Å². The van der Waals surface area contributed by atoms with Crippen LogP contribution in [0.15, 0.2) is 58.1 Å². The first-order chi connectivity index (χ1) is 12.7. The Morgan fingerprint density at radius 2 is 2.00 bits per heavy atom. The highest BCUT2D eigenvalue weighted by molar-refractivity contribution is 9.10. The Hall–Kier alpha value is -2.74. The summed E-state index contributed by atoms with van der Waals surface area (Å²) in [7, 11) is 0. The van der Waals surface area contributed by atoms with E-state index in [1.54, 1.807) is 23.1 Å². The van der Waals surface area contributed by atoms with Gasteiger partial charge in [0, 0.05) is 34.4 Å². The number of rotatable bonds is 4. The molecule has 7 nitrogen and oxygen atoms in total. The molecule has 0 atom stereocenters. The Morgan fingerprint density at radius 1 is 1.22 bits per heavy atom. The van der Waals surface area contributed by atoms with Gasteiger partial charge in [-0.1, -0.05) is 26.8 Å². The molecule has 0 aliphatic rings. The van der Waals surface area contributed by atoms with Crippen LogP contribution >= 0.6 is 15.9 Å². The topological polar surface area (TPSA) is 81.8 Å². The maximum Gasteiger partial charge on any atom is 0.251 e. The second kappa shape index (κ2) is 7.48. The second-order valence-electron chi connectivity index (χ2n) is 7.13. The molecule has 0 aliphatic heterocycles. The zero-order valence-electron chi connectivity index (χ0n) is 15.3.